The Morgan fingerprint density at radius 1 is 0.886 bits per heavy atom. The average molecular weight is 493 g/mol. The smallest absolute Gasteiger partial charge is 0.134 e. The van der Waals surface area contributed by atoms with Crippen molar-refractivity contribution in [2.24, 2.45) is 0 Å². The molecule has 1 aliphatic rings. The van der Waals surface area contributed by atoms with Crippen LogP contribution in [0.25, 0.3) is 11.0 Å². The molecule has 0 radical (unpaired) electrons. The molecule has 1 N–H and O–H groups in total. The zero-order chi connectivity index (χ0) is 24.0. The number of likely N-dealkylation sites (tertiary alicyclic amines) is 1. The van der Waals surface area contributed by atoms with Crippen LogP contribution in [0.1, 0.15) is 35.0 Å². The quantitative estimate of drug-likeness (QED) is 0.261. The monoisotopic (exact) mass is 492 g/mol. The molecule has 0 bridgehead atoms. The molecule has 0 spiro atoms. The molecule has 0 saturated carbocycles. The topological polar surface area (TPSA) is 28.4 Å². The van der Waals surface area contributed by atoms with Gasteiger partial charge in [0.25, 0.3) is 0 Å². The van der Waals surface area contributed by atoms with Crippen molar-refractivity contribution in [3.63, 3.8) is 0 Å². The van der Waals surface area contributed by atoms with E-state index in [0.29, 0.717) is 6.04 Å². The number of nitrogens with one attached hydrogen (secondary N) is 1. The van der Waals surface area contributed by atoms with Crippen molar-refractivity contribution in [3.05, 3.63) is 107 Å². The van der Waals surface area contributed by atoms with Crippen molar-refractivity contribution < 1.29 is 13.2 Å². The second-order valence-corrected chi connectivity index (χ2v) is 10.3. The fraction of sp³-hybridized carbons (Fsp3) is 0.310. The van der Waals surface area contributed by atoms with E-state index < -0.39 is 0 Å². The van der Waals surface area contributed by atoms with E-state index in [2.05, 4.69) is 22.3 Å². The number of piperidine rings is 1. The van der Waals surface area contributed by atoms with Crippen LogP contribution in [-0.4, -0.2) is 36.3 Å². The van der Waals surface area contributed by atoms with E-state index in [4.69, 9.17) is 4.42 Å². The number of thioether (sulfide) groups is 1. The number of halogens is 2. The number of hydrogen-bond acceptors (Lipinski definition) is 4. The first-order valence-corrected chi connectivity index (χ1v) is 13.2. The van der Waals surface area contributed by atoms with Gasteiger partial charge in [0.2, 0.25) is 0 Å². The SMILES string of the molecule is Fc1ccc(C(SCCNC2CCN(Cc3cc4ccccc4o3)CC2)c2ccc(F)cc2)cc1. The molecular weight excluding hydrogens is 462 g/mol. The third-order valence-electron chi connectivity index (χ3n) is 6.61. The maximum atomic E-state index is 13.4. The number of furan rings is 1. The summed E-state index contributed by atoms with van der Waals surface area (Å²) in [5.41, 5.74) is 3.01. The molecule has 1 aliphatic heterocycles. The van der Waals surface area contributed by atoms with Crippen molar-refractivity contribution >= 4 is 22.7 Å². The highest BCUT2D eigenvalue weighted by Crippen LogP contribution is 2.35. The molecule has 5 rings (SSSR count). The first-order chi connectivity index (χ1) is 17.1. The number of benzene rings is 3. The molecule has 35 heavy (non-hydrogen) atoms. The van der Waals surface area contributed by atoms with E-state index in [1.54, 1.807) is 11.8 Å². The van der Waals surface area contributed by atoms with Gasteiger partial charge < -0.3 is 9.73 Å². The second kappa shape index (κ2) is 11.4. The number of para-hydroxylation sites is 1. The Labute approximate surface area is 209 Å². The molecule has 6 heteroatoms. The van der Waals surface area contributed by atoms with Crippen molar-refractivity contribution in [1.82, 2.24) is 10.2 Å². The van der Waals surface area contributed by atoms with Crippen LogP contribution >= 0.6 is 11.8 Å². The number of fused-ring (bicyclic) bond motifs is 1. The third-order valence-corrected chi connectivity index (χ3v) is 7.93. The summed E-state index contributed by atoms with van der Waals surface area (Å²) in [6.07, 6.45) is 2.23. The van der Waals surface area contributed by atoms with Gasteiger partial charge >= 0.3 is 0 Å². The summed E-state index contributed by atoms with van der Waals surface area (Å²) in [5, 5.41) is 4.92. The second-order valence-electron chi connectivity index (χ2n) is 9.11. The Kier molecular flexibility index (Phi) is 7.82. The van der Waals surface area contributed by atoms with Crippen LogP contribution in [0, 0.1) is 11.6 Å². The highest BCUT2D eigenvalue weighted by Gasteiger charge is 2.20. The fourth-order valence-electron chi connectivity index (χ4n) is 4.73. The van der Waals surface area contributed by atoms with Gasteiger partial charge in [-0.25, -0.2) is 8.78 Å². The Morgan fingerprint density at radius 2 is 1.51 bits per heavy atom. The van der Waals surface area contributed by atoms with Crippen LogP contribution in [0.3, 0.4) is 0 Å². The van der Waals surface area contributed by atoms with E-state index >= 15 is 0 Å². The van der Waals surface area contributed by atoms with E-state index in [1.807, 2.05) is 42.5 Å². The summed E-state index contributed by atoms with van der Waals surface area (Å²) in [4.78, 5) is 2.46. The summed E-state index contributed by atoms with van der Waals surface area (Å²) in [6.45, 7) is 3.86. The van der Waals surface area contributed by atoms with Gasteiger partial charge in [0.15, 0.2) is 0 Å². The predicted octanol–water partition coefficient (Wildman–Crippen LogP) is 6.79. The van der Waals surface area contributed by atoms with Gasteiger partial charge in [-0.2, -0.15) is 0 Å². The molecular formula is C29H30F2N2OS. The van der Waals surface area contributed by atoms with Gasteiger partial charge in [-0.05, 0) is 60.4 Å². The molecule has 1 fully saturated rings. The minimum Gasteiger partial charge on any atom is -0.460 e. The highest BCUT2D eigenvalue weighted by molar-refractivity contribution is 7.99. The Morgan fingerprint density at radius 3 is 2.14 bits per heavy atom. The van der Waals surface area contributed by atoms with Gasteiger partial charge in [0.05, 0.1) is 11.8 Å². The van der Waals surface area contributed by atoms with E-state index in [9.17, 15) is 8.78 Å². The summed E-state index contributed by atoms with van der Waals surface area (Å²) in [5.74, 6) is 1.45. The molecule has 0 unspecified atom stereocenters. The normalized spacial score (nSPS) is 15.3. The van der Waals surface area contributed by atoms with E-state index in [1.165, 1.54) is 24.3 Å². The lowest BCUT2D eigenvalue weighted by molar-refractivity contribution is 0.181. The minimum absolute atomic E-state index is 0.0451. The molecule has 0 atom stereocenters. The van der Waals surface area contributed by atoms with Crippen molar-refractivity contribution in [3.8, 4) is 0 Å². The van der Waals surface area contributed by atoms with Crippen LogP contribution in [-0.2, 0) is 6.54 Å². The van der Waals surface area contributed by atoms with Gasteiger partial charge in [0, 0.05) is 36.8 Å². The molecule has 182 valence electrons. The zero-order valence-electron chi connectivity index (χ0n) is 19.6. The van der Waals surface area contributed by atoms with Gasteiger partial charge in [-0.1, -0.05) is 42.5 Å². The maximum absolute atomic E-state index is 13.4. The molecule has 2 heterocycles. The average Bonchev–Trinajstić information content (AvgIpc) is 3.29. The molecule has 1 aromatic heterocycles. The lowest BCUT2D eigenvalue weighted by Gasteiger charge is -2.32. The molecule has 3 nitrogen and oxygen atoms in total. The van der Waals surface area contributed by atoms with Crippen LogP contribution in [0.2, 0.25) is 0 Å². The molecule has 3 aromatic carbocycles. The predicted molar refractivity (Wildman–Crippen MR) is 140 cm³/mol. The summed E-state index contributed by atoms with van der Waals surface area (Å²) >= 11 is 1.80. The first kappa shape index (κ1) is 24.0. The van der Waals surface area contributed by atoms with Crippen LogP contribution in [0.4, 0.5) is 8.78 Å². The van der Waals surface area contributed by atoms with E-state index in [0.717, 1.165) is 72.6 Å². The maximum Gasteiger partial charge on any atom is 0.134 e. The van der Waals surface area contributed by atoms with Crippen LogP contribution in [0.5, 0.6) is 0 Å². The highest BCUT2D eigenvalue weighted by atomic mass is 32.2. The third kappa shape index (κ3) is 6.31. The molecule has 4 aromatic rings. The Bertz CT molecular complexity index is 1140. The van der Waals surface area contributed by atoms with Crippen molar-refractivity contribution in [2.75, 3.05) is 25.4 Å². The molecule has 0 aliphatic carbocycles. The number of nitrogens with zero attached hydrogens (tertiary/aromatic N) is 1. The van der Waals surface area contributed by atoms with Crippen LogP contribution in [0.15, 0.2) is 83.3 Å². The minimum atomic E-state index is -0.245. The lowest BCUT2D eigenvalue weighted by atomic mass is 10.0. The van der Waals surface area contributed by atoms with Crippen molar-refractivity contribution in [2.45, 2.75) is 30.7 Å². The fourth-order valence-corrected chi connectivity index (χ4v) is 5.90. The Balaban J connectivity index is 1.09. The van der Waals surface area contributed by atoms with E-state index in [-0.39, 0.29) is 16.9 Å². The summed E-state index contributed by atoms with van der Waals surface area (Å²) < 4.78 is 32.9. The largest absolute Gasteiger partial charge is 0.460 e. The van der Waals surface area contributed by atoms with Gasteiger partial charge in [-0.15, -0.1) is 11.8 Å². The lowest BCUT2D eigenvalue weighted by Crippen LogP contribution is -2.42. The number of rotatable bonds is 9. The molecule has 0 amide bonds. The van der Waals surface area contributed by atoms with Crippen molar-refractivity contribution in [1.29, 1.82) is 0 Å². The summed E-state index contributed by atoms with van der Waals surface area (Å²) in [6, 6.07) is 24.1. The first-order valence-electron chi connectivity index (χ1n) is 12.2. The summed E-state index contributed by atoms with van der Waals surface area (Å²) in [7, 11) is 0. The van der Waals surface area contributed by atoms with Gasteiger partial charge in [-0.3, -0.25) is 4.90 Å². The molecule has 1 saturated heterocycles. The number of hydrogen-bond donors (Lipinski definition) is 1. The zero-order valence-corrected chi connectivity index (χ0v) is 20.4. The standard InChI is InChI=1S/C29H30F2N2OS/c30-24-9-5-21(6-10-24)29(22-7-11-25(31)12-8-22)35-18-15-32-26-13-16-33(17-14-26)20-27-19-23-3-1-2-4-28(23)34-27/h1-12,19,26,29,32H,13-18,20H2. The van der Waals surface area contributed by atoms with Gasteiger partial charge in [0.1, 0.15) is 23.0 Å². The van der Waals surface area contributed by atoms with Crippen LogP contribution < -0.4 is 5.32 Å². The Hall–Kier alpha value is -2.67.